The van der Waals surface area contributed by atoms with Gasteiger partial charge in [0.2, 0.25) is 0 Å². The summed E-state index contributed by atoms with van der Waals surface area (Å²) in [5.41, 5.74) is 1.18. The molecule has 0 aliphatic heterocycles. The number of hydrogen-bond donors (Lipinski definition) is 0. The third-order valence-electron chi connectivity index (χ3n) is 2.57. The molecule has 0 aliphatic carbocycles. The Morgan fingerprint density at radius 2 is 2.26 bits per heavy atom. The van der Waals surface area contributed by atoms with Gasteiger partial charge >= 0.3 is 0 Å². The van der Waals surface area contributed by atoms with Crippen LogP contribution in [0.1, 0.15) is 5.82 Å². The summed E-state index contributed by atoms with van der Waals surface area (Å²) in [5, 5.41) is 14.9. The normalized spacial score (nSPS) is 10.7. The molecule has 0 N–H and O–H groups in total. The molecule has 0 amide bonds. The van der Waals surface area contributed by atoms with E-state index in [-0.39, 0.29) is 0 Å². The van der Waals surface area contributed by atoms with E-state index in [0.29, 0.717) is 5.75 Å². The number of aryl methyl sites for hydroxylation is 1. The lowest BCUT2D eigenvalue weighted by molar-refractivity contribution is 1.02. The van der Waals surface area contributed by atoms with Gasteiger partial charge in [-0.3, -0.25) is 0 Å². The van der Waals surface area contributed by atoms with Crippen LogP contribution in [0.2, 0.25) is 0 Å². The summed E-state index contributed by atoms with van der Waals surface area (Å²) in [6, 6.07) is 6.30. The highest BCUT2D eigenvalue weighted by molar-refractivity contribution is 7.99. The first-order valence-electron chi connectivity index (χ1n) is 5.59. The van der Waals surface area contributed by atoms with Crippen LogP contribution in [0.5, 0.6) is 0 Å². The molecule has 0 spiro atoms. The lowest BCUT2D eigenvalue weighted by Crippen LogP contribution is -1.91. The van der Waals surface area contributed by atoms with E-state index in [0.717, 1.165) is 21.1 Å². The molecule has 0 unspecified atom stereocenters. The van der Waals surface area contributed by atoms with Gasteiger partial charge in [0.1, 0.15) is 15.7 Å². The van der Waals surface area contributed by atoms with Crippen molar-refractivity contribution >= 4 is 44.7 Å². The van der Waals surface area contributed by atoms with Gasteiger partial charge < -0.3 is 0 Å². The maximum absolute atomic E-state index is 8.76. The van der Waals surface area contributed by atoms with E-state index in [2.05, 4.69) is 32.9 Å². The lowest BCUT2D eigenvalue weighted by Gasteiger charge is -2.03. The average Bonchev–Trinajstić information content (AvgIpc) is 3.03. The molecule has 3 aromatic rings. The molecule has 3 heterocycles. The number of nitriles is 1. The molecule has 6 heteroatoms. The van der Waals surface area contributed by atoms with Gasteiger partial charge in [0.25, 0.3) is 0 Å². The molecule has 0 fully saturated rings. The zero-order valence-corrected chi connectivity index (χ0v) is 12.5. The number of nitrogens with zero attached hydrogens (tertiary/aromatic N) is 3. The smallest absolute Gasteiger partial charge is 0.128 e. The second-order valence-corrected chi connectivity index (χ2v) is 6.60. The Hall–Kier alpha value is -1.42. The van der Waals surface area contributed by atoms with E-state index in [1.165, 1.54) is 22.2 Å². The highest BCUT2D eigenvalue weighted by Crippen LogP contribution is 2.39. The van der Waals surface area contributed by atoms with Crippen LogP contribution in [0.25, 0.3) is 20.7 Å². The topological polar surface area (TPSA) is 49.6 Å². The van der Waals surface area contributed by atoms with Gasteiger partial charge in [-0.2, -0.15) is 5.26 Å². The molecule has 94 valence electrons. The zero-order chi connectivity index (χ0) is 13.2. The molecule has 0 saturated heterocycles. The van der Waals surface area contributed by atoms with Crippen LogP contribution in [0.4, 0.5) is 0 Å². The maximum Gasteiger partial charge on any atom is 0.128 e. The van der Waals surface area contributed by atoms with E-state index in [9.17, 15) is 0 Å². The average molecular weight is 303 g/mol. The van der Waals surface area contributed by atoms with Crippen LogP contribution < -0.4 is 0 Å². The number of aromatic nitrogens is 2. The fourth-order valence-electron chi connectivity index (χ4n) is 1.83. The van der Waals surface area contributed by atoms with Gasteiger partial charge in [-0.15, -0.1) is 22.7 Å². The van der Waals surface area contributed by atoms with Crippen LogP contribution in [0, 0.1) is 18.3 Å². The van der Waals surface area contributed by atoms with Crippen LogP contribution in [-0.2, 0) is 0 Å². The third kappa shape index (κ3) is 2.37. The van der Waals surface area contributed by atoms with Crippen LogP contribution in [0.3, 0.4) is 0 Å². The summed E-state index contributed by atoms with van der Waals surface area (Å²) in [6.07, 6.45) is 0. The van der Waals surface area contributed by atoms with Crippen molar-refractivity contribution in [1.29, 1.82) is 5.26 Å². The minimum Gasteiger partial charge on any atom is -0.226 e. The summed E-state index contributed by atoms with van der Waals surface area (Å²) < 4.78 is 0. The summed E-state index contributed by atoms with van der Waals surface area (Å²) >= 11 is 4.82. The summed E-state index contributed by atoms with van der Waals surface area (Å²) in [7, 11) is 0. The van der Waals surface area contributed by atoms with Gasteiger partial charge in [-0.05, 0) is 18.4 Å². The van der Waals surface area contributed by atoms with E-state index < -0.39 is 0 Å². The largest absolute Gasteiger partial charge is 0.226 e. The Labute approximate surface area is 123 Å². The second kappa shape index (κ2) is 5.29. The zero-order valence-electron chi connectivity index (χ0n) is 10.1. The predicted molar refractivity (Wildman–Crippen MR) is 81.8 cm³/mol. The van der Waals surface area contributed by atoms with Crippen molar-refractivity contribution in [2.45, 2.75) is 11.9 Å². The molecule has 0 aliphatic rings. The molecule has 0 aromatic carbocycles. The van der Waals surface area contributed by atoms with Gasteiger partial charge in [0, 0.05) is 15.8 Å². The Balaban J connectivity index is 2.22. The van der Waals surface area contributed by atoms with Crippen molar-refractivity contribution in [2.24, 2.45) is 0 Å². The molecule has 19 heavy (non-hydrogen) atoms. The van der Waals surface area contributed by atoms with E-state index in [1.807, 2.05) is 13.0 Å². The van der Waals surface area contributed by atoms with E-state index >= 15 is 0 Å². The molecule has 0 radical (unpaired) electrons. The fourth-order valence-corrected chi connectivity index (χ4v) is 4.45. The third-order valence-corrected chi connectivity index (χ3v) is 5.19. The van der Waals surface area contributed by atoms with Crippen molar-refractivity contribution in [3.05, 3.63) is 28.7 Å². The molecule has 0 bridgehead atoms. The number of thiophene rings is 2. The fraction of sp³-hybridized carbons (Fsp3) is 0.154. The van der Waals surface area contributed by atoms with E-state index in [4.69, 9.17) is 5.26 Å². The minimum absolute atomic E-state index is 0.408. The Morgan fingerprint density at radius 1 is 1.37 bits per heavy atom. The maximum atomic E-state index is 8.76. The Morgan fingerprint density at radius 3 is 3.00 bits per heavy atom. The molecule has 0 atom stereocenters. The highest BCUT2D eigenvalue weighted by atomic mass is 32.2. The van der Waals surface area contributed by atoms with Crippen molar-refractivity contribution < 1.29 is 0 Å². The molecular formula is C13H9N3S3. The van der Waals surface area contributed by atoms with Crippen molar-refractivity contribution in [3.63, 3.8) is 0 Å². The lowest BCUT2D eigenvalue weighted by atomic mass is 10.2. The van der Waals surface area contributed by atoms with Crippen LogP contribution >= 0.6 is 34.4 Å². The summed E-state index contributed by atoms with van der Waals surface area (Å²) in [5.74, 6) is 1.16. The number of thioether (sulfide) groups is 1. The first-order valence-corrected chi connectivity index (χ1v) is 8.33. The Bertz CT molecular complexity index is 753. The molecular weight excluding hydrogens is 294 g/mol. The predicted octanol–water partition coefficient (Wildman–Crippen LogP) is 4.34. The van der Waals surface area contributed by atoms with Crippen molar-refractivity contribution in [1.82, 2.24) is 9.97 Å². The van der Waals surface area contributed by atoms with Crippen molar-refractivity contribution in [3.8, 4) is 16.5 Å². The standard InChI is InChI=1S/C13H9N3S3/c1-8-15-12(18-6-4-14)11-9(7-19-13(11)16-8)10-3-2-5-17-10/h2-3,5,7H,6H2,1H3. The Kier molecular flexibility index (Phi) is 3.51. The monoisotopic (exact) mass is 303 g/mol. The number of fused-ring (bicyclic) bond motifs is 1. The number of rotatable bonds is 3. The first-order chi connectivity index (χ1) is 9.29. The van der Waals surface area contributed by atoms with Crippen LogP contribution in [-0.4, -0.2) is 15.7 Å². The SMILES string of the molecule is Cc1nc(SCC#N)c2c(-c3cccs3)csc2n1. The highest BCUT2D eigenvalue weighted by Gasteiger charge is 2.15. The molecule has 0 saturated carbocycles. The van der Waals surface area contributed by atoms with Crippen LogP contribution in [0.15, 0.2) is 27.9 Å². The van der Waals surface area contributed by atoms with Gasteiger partial charge in [-0.1, -0.05) is 17.8 Å². The summed E-state index contributed by atoms with van der Waals surface area (Å²) in [6.45, 7) is 1.89. The molecule has 3 aromatic heterocycles. The van der Waals surface area contributed by atoms with Gasteiger partial charge in [0.15, 0.2) is 0 Å². The minimum atomic E-state index is 0.408. The first kappa shape index (κ1) is 12.6. The molecule has 3 rings (SSSR count). The summed E-state index contributed by atoms with van der Waals surface area (Å²) in [4.78, 5) is 11.2. The van der Waals surface area contributed by atoms with E-state index in [1.54, 1.807) is 22.7 Å². The second-order valence-electron chi connectivity index (χ2n) is 3.83. The molecule has 3 nitrogen and oxygen atoms in total. The van der Waals surface area contributed by atoms with Gasteiger partial charge in [-0.25, -0.2) is 9.97 Å². The number of hydrogen-bond acceptors (Lipinski definition) is 6. The quantitative estimate of drug-likeness (QED) is 0.533. The van der Waals surface area contributed by atoms with Crippen molar-refractivity contribution in [2.75, 3.05) is 5.75 Å². The van der Waals surface area contributed by atoms with Gasteiger partial charge in [0.05, 0.1) is 17.2 Å².